The maximum Gasteiger partial charge on any atom is 0.140 e. The molecule has 2 heterocycles. The zero-order chi connectivity index (χ0) is 12.3. The van der Waals surface area contributed by atoms with Gasteiger partial charge in [-0.05, 0) is 57.0 Å². The normalized spacial score (nSPS) is 10.3. The monoisotopic (exact) mass is 355 g/mol. The number of aryl methyl sites for hydroxylation is 1. The van der Waals surface area contributed by atoms with E-state index in [9.17, 15) is 0 Å². The SMILES string of the molecule is Cc1cccc(CNc2ncc(Br)cc2Br)n1. The van der Waals surface area contributed by atoms with Crippen molar-refractivity contribution in [3.63, 3.8) is 0 Å². The van der Waals surface area contributed by atoms with Gasteiger partial charge in [-0.3, -0.25) is 4.98 Å². The molecule has 0 aromatic carbocycles. The molecule has 0 spiro atoms. The molecule has 2 aromatic rings. The van der Waals surface area contributed by atoms with E-state index in [0.717, 1.165) is 26.2 Å². The highest BCUT2D eigenvalue weighted by Gasteiger charge is 2.02. The van der Waals surface area contributed by atoms with Crippen LogP contribution in [-0.2, 0) is 6.54 Å². The van der Waals surface area contributed by atoms with Crippen LogP contribution in [0.5, 0.6) is 0 Å². The molecule has 0 saturated carbocycles. The molecule has 0 radical (unpaired) electrons. The average molecular weight is 357 g/mol. The minimum Gasteiger partial charge on any atom is -0.363 e. The Hall–Kier alpha value is -0.940. The van der Waals surface area contributed by atoms with Gasteiger partial charge in [0.2, 0.25) is 0 Å². The minimum atomic E-state index is 0.662. The van der Waals surface area contributed by atoms with Gasteiger partial charge >= 0.3 is 0 Å². The summed E-state index contributed by atoms with van der Waals surface area (Å²) in [5, 5.41) is 3.24. The number of pyridine rings is 2. The van der Waals surface area contributed by atoms with Crippen LogP contribution in [0.4, 0.5) is 5.82 Å². The fourth-order valence-electron chi connectivity index (χ4n) is 1.42. The van der Waals surface area contributed by atoms with E-state index in [1.165, 1.54) is 0 Å². The Morgan fingerprint density at radius 3 is 2.82 bits per heavy atom. The van der Waals surface area contributed by atoms with Gasteiger partial charge in [0.05, 0.1) is 16.7 Å². The van der Waals surface area contributed by atoms with Gasteiger partial charge in [0, 0.05) is 16.4 Å². The molecule has 0 unspecified atom stereocenters. The molecule has 0 atom stereocenters. The summed E-state index contributed by atoms with van der Waals surface area (Å²) in [5.41, 5.74) is 2.02. The maximum atomic E-state index is 4.42. The van der Waals surface area contributed by atoms with Crippen LogP contribution in [0.25, 0.3) is 0 Å². The van der Waals surface area contributed by atoms with Crippen molar-refractivity contribution < 1.29 is 0 Å². The zero-order valence-corrected chi connectivity index (χ0v) is 12.4. The van der Waals surface area contributed by atoms with E-state index in [1.807, 2.05) is 31.2 Å². The van der Waals surface area contributed by atoms with Crippen LogP contribution in [0.2, 0.25) is 0 Å². The molecule has 0 bridgehead atoms. The fourth-order valence-corrected chi connectivity index (χ4v) is 2.54. The number of nitrogens with one attached hydrogen (secondary N) is 1. The van der Waals surface area contributed by atoms with Gasteiger partial charge in [0.25, 0.3) is 0 Å². The predicted molar refractivity (Wildman–Crippen MR) is 75.9 cm³/mol. The standard InChI is InChI=1S/C12H11Br2N3/c1-8-3-2-4-10(17-8)7-16-12-11(14)5-9(13)6-15-12/h2-6H,7H2,1H3,(H,15,16). The molecule has 2 aromatic heterocycles. The summed E-state index contributed by atoms with van der Waals surface area (Å²) in [6.07, 6.45) is 1.76. The summed E-state index contributed by atoms with van der Waals surface area (Å²) in [6, 6.07) is 7.94. The first-order valence-corrected chi connectivity index (χ1v) is 6.71. The number of halogens is 2. The topological polar surface area (TPSA) is 37.8 Å². The Balaban J connectivity index is 2.07. The summed E-state index contributed by atoms with van der Waals surface area (Å²) >= 11 is 6.83. The molecule has 17 heavy (non-hydrogen) atoms. The fraction of sp³-hybridized carbons (Fsp3) is 0.167. The van der Waals surface area contributed by atoms with Crippen molar-refractivity contribution in [2.45, 2.75) is 13.5 Å². The number of anilines is 1. The van der Waals surface area contributed by atoms with E-state index in [4.69, 9.17) is 0 Å². The Bertz CT molecular complexity index is 529. The third-order valence-corrected chi connectivity index (χ3v) is 3.23. The van der Waals surface area contributed by atoms with E-state index >= 15 is 0 Å². The second-order valence-corrected chi connectivity index (χ2v) is 5.38. The van der Waals surface area contributed by atoms with Crippen LogP contribution < -0.4 is 5.32 Å². The number of hydrogen-bond donors (Lipinski definition) is 1. The van der Waals surface area contributed by atoms with Gasteiger partial charge < -0.3 is 5.32 Å². The highest BCUT2D eigenvalue weighted by molar-refractivity contribution is 9.11. The van der Waals surface area contributed by atoms with Crippen molar-refractivity contribution in [3.05, 3.63) is 50.8 Å². The Morgan fingerprint density at radius 1 is 1.29 bits per heavy atom. The number of aromatic nitrogens is 2. The summed E-state index contributed by atoms with van der Waals surface area (Å²) in [7, 11) is 0. The number of nitrogens with zero attached hydrogens (tertiary/aromatic N) is 2. The first kappa shape index (κ1) is 12.5. The summed E-state index contributed by atoms with van der Waals surface area (Å²) < 4.78 is 1.88. The van der Waals surface area contributed by atoms with Crippen molar-refractivity contribution >= 4 is 37.7 Å². The minimum absolute atomic E-state index is 0.662. The van der Waals surface area contributed by atoms with Crippen molar-refractivity contribution in [1.29, 1.82) is 0 Å². The van der Waals surface area contributed by atoms with Crippen LogP contribution in [0.1, 0.15) is 11.4 Å². The van der Waals surface area contributed by atoms with Gasteiger partial charge in [-0.1, -0.05) is 6.07 Å². The molecule has 0 amide bonds. The molecule has 2 rings (SSSR count). The van der Waals surface area contributed by atoms with Crippen LogP contribution in [0.15, 0.2) is 39.4 Å². The number of hydrogen-bond acceptors (Lipinski definition) is 3. The zero-order valence-electron chi connectivity index (χ0n) is 9.24. The molecule has 88 valence electrons. The molecule has 0 aliphatic carbocycles. The lowest BCUT2D eigenvalue weighted by atomic mass is 10.3. The molecule has 0 aliphatic heterocycles. The largest absolute Gasteiger partial charge is 0.363 e. The van der Waals surface area contributed by atoms with E-state index in [0.29, 0.717) is 6.54 Å². The van der Waals surface area contributed by atoms with Crippen molar-refractivity contribution in [2.75, 3.05) is 5.32 Å². The molecule has 0 fully saturated rings. The van der Waals surface area contributed by atoms with Gasteiger partial charge in [-0.15, -0.1) is 0 Å². The predicted octanol–water partition coefficient (Wildman–Crippen LogP) is 3.92. The van der Waals surface area contributed by atoms with Crippen molar-refractivity contribution in [1.82, 2.24) is 9.97 Å². The van der Waals surface area contributed by atoms with Gasteiger partial charge in [-0.2, -0.15) is 0 Å². The molecular formula is C12H11Br2N3. The molecule has 3 nitrogen and oxygen atoms in total. The van der Waals surface area contributed by atoms with Crippen molar-refractivity contribution in [2.24, 2.45) is 0 Å². The average Bonchev–Trinajstić information content (AvgIpc) is 2.28. The second kappa shape index (κ2) is 5.60. The van der Waals surface area contributed by atoms with E-state index in [1.54, 1.807) is 6.20 Å². The van der Waals surface area contributed by atoms with Gasteiger partial charge in [0.1, 0.15) is 5.82 Å². The van der Waals surface area contributed by atoms with Gasteiger partial charge in [-0.25, -0.2) is 4.98 Å². The number of rotatable bonds is 3. The molecule has 0 saturated heterocycles. The highest BCUT2D eigenvalue weighted by Crippen LogP contribution is 2.23. The lowest BCUT2D eigenvalue weighted by molar-refractivity contribution is 1.00. The highest BCUT2D eigenvalue weighted by atomic mass is 79.9. The van der Waals surface area contributed by atoms with E-state index in [2.05, 4.69) is 47.1 Å². The first-order valence-electron chi connectivity index (χ1n) is 5.12. The lowest BCUT2D eigenvalue weighted by Crippen LogP contribution is -2.04. The summed E-state index contributed by atoms with van der Waals surface area (Å²) in [6.45, 7) is 2.65. The second-order valence-electron chi connectivity index (χ2n) is 3.61. The molecular weight excluding hydrogens is 346 g/mol. The molecule has 1 N–H and O–H groups in total. The maximum absolute atomic E-state index is 4.42. The quantitative estimate of drug-likeness (QED) is 0.905. The van der Waals surface area contributed by atoms with Crippen molar-refractivity contribution in [3.8, 4) is 0 Å². The third-order valence-electron chi connectivity index (χ3n) is 2.19. The third kappa shape index (κ3) is 3.51. The van der Waals surface area contributed by atoms with Crippen LogP contribution in [0, 0.1) is 6.92 Å². The van der Waals surface area contributed by atoms with Crippen LogP contribution in [0.3, 0.4) is 0 Å². The lowest BCUT2D eigenvalue weighted by Gasteiger charge is -2.07. The van der Waals surface area contributed by atoms with E-state index < -0.39 is 0 Å². The summed E-state index contributed by atoms with van der Waals surface area (Å²) in [5.74, 6) is 0.816. The summed E-state index contributed by atoms with van der Waals surface area (Å²) in [4.78, 5) is 8.70. The smallest absolute Gasteiger partial charge is 0.140 e. The van der Waals surface area contributed by atoms with Crippen LogP contribution in [-0.4, -0.2) is 9.97 Å². The Kier molecular flexibility index (Phi) is 4.12. The van der Waals surface area contributed by atoms with E-state index in [-0.39, 0.29) is 0 Å². The molecule has 5 heteroatoms. The molecule has 0 aliphatic rings. The first-order chi connectivity index (χ1) is 8.15. The Labute approximate surface area is 117 Å². The Morgan fingerprint density at radius 2 is 2.12 bits per heavy atom. The van der Waals surface area contributed by atoms with Gasteiger partial charge in [0.15, 0.2) is 0 Å². The van der Waals surface area contributed by atoms with Crippen LogP contribution >= 0.6 is 31.9 Å².